The van der Waals surface area contributed by atoms with Crippen molar-refractivity contribution < 1.29 is 9.53 Å². The van der Waals surface area contributed by atoms with Crippen molar-refractivity contribution in [1.82, 2.24) is 19.7 Å². The van der Waals surface area contributed by atoms with Crippen molar-refractivity contribution in [3.63, 3.8) is 0 Å². The van der Waals surface area contributed by atoms with Gasteiger partial charge < -0.3 is 15.8 Å². The van der Waals surface area contributed by atoms with Crippen LogP contribution in [0.25, 0.3) is 16.9 Å². The summed E-state index contributed by atoms with van der Waals surface area (Å²) in [5.41, 5.74) is 8.41. The molecule has 9 nitrogen and oxygen atoms in total. The maximum Gasteiger partial charge on any atom is 0.252 e. The second kappa shape index (κ2) is 7.85. The van der Waals surface area contributed by atoms with E-state index in [9.17, 15) is 4.79 Å². The van der Waals surface area contributed by atoms with Gasteiger partial charge in [-0.1, -0.05) is 13.3 Å². The van der Waals surface area contributed by atoms with Crippen LogP contribution in [0.2, 0.25) is 0 Å². The van der Waals surface area contributed by atoms with E-state index in [1.807, 2.05) is 0 Å². The number of amides is 1. The average Bonchev–Trinajstić information content (AvgIpc) is 3.11. The Kier molecular flexibility index (Phi) is 5.10. The predicted octanol–water partition coefficient (Wildman–Crippen LogP) is 1.94. The van der Waals surface area contributed by atoms with Gasteiger partial charge >= 0.3 is 0 Å². The molecule has 29 heavy (non-hydrogen) atoms. The van der Waals surface area contributed by atoms with Crippen molar-refractivity contribution in [2.75, 3.05) is 18.5 Å². The fourth-order valence-electron chi connectivity index (χ4n) is 3.29. The lowest BCUT2D eigenvalue weighted by Crippen LogP contribution is -2.41. The first kappa shape index (κ1) is 18.8. The molecule has 0 aliphatic carbocycles. The summed E-state index contributed by atoms with van der Waals surface area (Å²) in [6.45, 7) is 3.23. The maximum absolute atomic E-state index is 12.2. The number of anilines is 1. The Morgan fingerprint density at radius 2 is 2.24 bits per heavy atom. The number of hydrogen-bond acceptors (Lipinski definition) is 7. The van der Waals surface area contributed by atoms with Crippen molar-refractivity contribution >= 4 is 22.6 Å². The van der Waals surface area contributed by atoms with Gasteiger partial charge in [-0.3, -0.25) is 4.79 Å². The number of carbonyl (C=O) groups is 1. The number of primary amides is 1. The SMILES string of the molecule is CCCCc1nc(-n2ncc3cc(C#N)cnc32)cc(NC2COC2)c1C(N)=O. The summed E-state index contributed by atoms with van der Waals surface area (Å²) < 4.78 is 6.85. The Bertz CT molecular complexity index is 1110. The second-order valence-corrected chi connectivity index (χ2v) is 7.00. The summed E-state index contributed by atoms with van der Waals surface area (Å²) in [5.74, 6) is 0.0241. The third-order valence-electron chi connectivity index (χ3n) is 4.85. The quantitative estimate of drug-likeness (QED) is 0.629. The van der Waals surface area contributed by atoms with E-state index in [1.165, 1.54) is 6.20 Å². The zero-order chi connectivity index (χ0) is 20.4. The molecule has 4 heterocycles. The predicted molar refractivity (Wildman–Crippen MR) is 107 cm³/mol. The molecule has 0 aromatic carbocycles. The van der Waals surface area contributed by atoms with Crippen LogP contribution in [0.15, 0.2) is 24.5 Å². The molecule has 1 fully saturated rings. The first-order valence-corrected chi connectivity index (χ1v) is 9.53. The molecule has 0 radical (unpaired) electrons. The Morgan fingerprint density at radius 1 is 1.41 bits per heavy atom. The molecule has 3 aromatic heterocycles. The van der Waals surface area contributed by atoms with E-state index in [-0.39, 0.29) is 6.04 Å². The number of aromatic nitrogens is 4. The highest BCUT2D eigenvalue weighted by molar-refractivity contribution is 6.00. The first-order chi connectivity index (χ1) is 14.1. The number of nitrogens with two attached hydrogens (primary N) is 1. The van der Waals surface area contributed by atoms with Crippen LogP contribution in [0.5, 0.6) is 0 Å². The van der Waals surface area contributed by atoms with Crippen molar-refractivity contribution in [3.05, 3.63) is 41.3 Å². The molecule has 1 aliphatic heterocycles. The van der Waals surface area contributed by atoms with Crippen LogP contribution in [0.4, 0.5) is 5.69 Å². The largest absolute Gasteiger partial charge is 0.377 e. The van der Waals surface area contributed by atoms with Crippen LogP contribution in [-0.2, 0) is 11.2 Å². The van der Waals surface area contributed by atoms with Crippen LogP contribution in [0.3, 0.4) is 0 Å². The van der Waals surface area contributed by atoms with Gasteiger partial charge in [0.25, 0.3) is 5.91 Å². The van der Waals surface area contributed by atoms with Crippen LogP contribution in [-0.4, -0.2) is 44.9 Å². The minimum Gasteiger partial charge on any atom is -0.377 e. The number of pyridine rings is 2. The number of ether oxygens (including phenoxy) is 1. The van der Waals surface area contributed by atoms with Crippen molar-refractivity contribution in [1.29, 1.82) is 5.26 Å². The highest BCUT2D eigenvalue weighted by Crippen LogP contribution is 2.26. The summed E-state index contributed by atoms with van der Waals surface area (Å²) in [6.07, 6.45) is 5.62. The van der Waals surface area contributed by atoms with Gasteiger partial charge in [0.1, 0.15) is 6.07 Å². The van der Waals surface area contributed by atoms with Crippen LogP contribution in [0.1, 0.15) is 41.4 Å². The standard InChI is InChI=1S/C20H21N7O2/c1-2-3-4-15-18(19(22)28)16(25-14-10-29-11-14)6-17(26-15)27-20-13(9-24-27)5-12(7-21)8-23-20/h5-6,8-9,14H,2-4,10-11H2,1H3,(H2,22,28)(H,25,26). The van der Waals surface area contributed by atoms with E-state index in [1.54, 1.807) is 23.0 Å². The molecule has 0 saturated carbocycles. The van der Waals surface area contributed by atoms with E-state index in [4.69, 9.17) is 20.7 Å². The number of nitriles is 1. The van der Waals surface area contributed by atoms with E-state index in [0.29, 0.717) is 53.6 Å². The number of rotatable bonds is 7. The van der Waals surface area contributed by atoms with Gasteiger partial charge in [0.05, 0.1) is 48.0 Å². The number of carbonyl (C=O) groups excluding carboxylic acids is 1. The number of hydrogen-bond donors (Lipinski definition) is 2. The summed E-state index contributed by atoms with van der Waals surface area (Å²) in [4.78, 5) is 21.3. The minimum absolute atomic E-state index is 0.119. The number of nitrogens with zero attached hydrogens (tertiary/aromatic N) is 5. The first-order valence-electron chi connectivity index (χ1n) is 9.53. The van der Waals surface area contributed by atoms with Gasteiger partial charge in [-0.05, 0) is 18.9 Å². The molecule has 0 bridgehead atoms. The van der Waals surface area contributed by atoms with Gasteiger partial charge in [-0.2, -0.15) is 15.0 Å². The normalized spacial score (nSPS) is 13.8. The van der Waals surface area contributed by atoms with E-state index in [2.05, 4.69) is 28.4 Å². The van der Waals surface area contributed by atoms with E-state index >= 15 is 0 Å². The molecular weight excluding hydrogens is 370 g/mol. The third kappa shape index (κ3) is 3.62. The number of fused-ring (bicyclic) bond motifs is 1. The molecule has 1 saturated heterocycles. The lowest BCUT2D eigenvalue weighted by molar-refractivity contribution is 0.0210. The molecule has 0 atom stereocenters. The average molecular weight is 391 g/mol. The molecule has 0 unspecified atom stereocenters. The fraction of sp³-hybridized carbons (Fsp3) is 0.350. The number of unbranched alkanes of at least 4 members (excludes halogenated alkanes) is 1. The Hall–Kier alpha value is -3.51. The molecule has 4 rings (SSSR count). The second-order valence-electron chi connectivity index (χ2n) is 7.00. The lowest BCUT2D eigenvalue weighted by atomic mass is 10.0. The molecule has 3 N–H and O–H groups in total. The van der Waals surface area contributed by atoms with Gasteiger partial charge in [0, 0.05) is 17.6 Å². The molecule has 3 aromatic rings. The van der Waals surface area contributed by atoms with Gasteiger partial charge in [0.2, 0.25) is 0 Å². The highest BCUT2D eigenvalue weighted by Gasteiger charge is 2.24. The molecule has 1 aliphatic rings. The van der Waals surface area contributed by atoms with Crippen LogP contribution < -0.4 is 11.1 Å². The Balaban J connectivity index is 1.85. The lowest BCUT2D eigenvalue weighted by Gasteiger charge is -2.29. The molecule has 9 heteroatoms. The highest BCUT2D eigenvalue weighted by atomic mass is 16.5. The maximum atomic E-state index is 12.2. The zero-order valence-corrected chi connectivity index (χ0v) is 16.1. The van der Waals surface area contributed by atoms with E-state index < -0.39 is 5.91 Å². The monoisotopic (exact) mass is 391 g/mol. The number of aryl methyl sites for hydroxylation is 1. The van der Waals surface area contributed by atoms with Gasteiger partial charge in [0.15, 0.2) is 11.5 Å². The van der Waals surface area contributed by atoms with Crippen LogP contribution >= 0.6 is 0 Å². The van der Waals surface area contributed by atoms with Gasteiger partial charge in [-0.25, -0.2) is 9.97 Å². The Labute approximate surface area is 167 Å². The fourth-order valence-corrected chi connectivity index (χ4v) is 3.29. The molecular formula is C20H21N7O2. The zero-order valence-electron chi connectivity index (χ0n) is 16.1. The van der Waals surface area contributed by atoms with Crippen molar-refractivity contribution in [3.8, 4) is 11.9 Å². The van der Waals surface area contributed by atoms with Crippen LogP contribution in [0, 0.1) is 11.3 Å². The molecule has 0 spiro atoms. The summed E-state index contributed by atoms with van der Waals surface area (Å²) in [7, 11) is 0. The van der Waals surface area contributed by atoms with Crippen molar-refractivity contribution in [2.45, 2.75) is 32.2 Å². The summed E-state index contributed by atoms with van der Waals surface area (Å²) in [5, 5.41) is 17.6. The van der Waals surface area contributed by atoms with E-state index in [0.717, 1.165) is 18.2 Å². The molecule has 1 amide bonds. The topological polar surface area (TPSA) is 132 Å². The Morgan fingerprint density at radius 3 is 2.90 bits per heavy atom. The smallest absolute Gasteiger partial charge is 0.252 e. The molecule has 148 valence electrons. The summed E-state index contributed by atoms with van der Waals surface area (Å²) >= 11 is 0. The third-order valence-corrected chi connectivity index (χ3v) is 4.85. The summed E-state index contributed by atoms with van der Waals surface area (Å²) in [6, 6.07) is 5.69. The number of nitrogens with one attached hydrogen (secondary N) is 1. The van der Waals surface area contributed by atoms with Crippen molar-refractivity contribution in [2.24, 2.45) is 5.73 Å². The minimum atomic E-state index is -0.514. The van der Waals surface area contributed by atoms with Gasteiger partial charge in [-0.15, -0.1) is 0 Å².